The summed E-state index contributed by atoms with van der Waals surface area (Å²) in [6.07, 6.45) is 0. The number of nitrogens with zero attached hydrogens (tertiary/aromatic N) is 4. The van der Waals surface area contributed by atoms with Crippen LogP contribution in [0.3, 0.4) is 0 Å². The van der Waals surface area contributed by atoms with E-state index < -0.39 is 0 Å². The molecular formula is C21H29N5. The minimum absolute atomic E-state index is 0.153. The van der Waals surface area contributed by atoms with Gasteiger partial charge in [-0.1, -0.05) is 43.7 Å². The maximum Gasteiger partial charge on any atom is 0.158 e. The number of nitrogens with one attached hydrogen (secondary N) is 1. The highest BCUT2D eigenvalue weighted by Gasteiger charge is 2.19. The number of benzene rings is 1. The van der Waals surface area contributed by atoms with Crippen LogP contribution in [0, 0.1) is 19.3 Å². The number of rotatable bonds is 6. The maximum atomic E-state index is 4.80. The lowest BCUT2D eigenvalue weighted by molar-refractivity contribution is 0.254. The molecule has 2 aromatic heterocycles. The third kappa shape index (κ3) is 4.22. The fourth-order valence-electron chi connectivity index (χ4n) is 3.33. The molecule has 26 heavy (non-hydrogen) atoms. The quantitative estimate of drug-likeness (QED) is 0.729. The number of aryl methyl sites for hydroxylation is 2. The van der Waals surface area contributed by atoms with Crippen LogP contribution in [0.15, 0.2) is 36.4 Å². The van der Waals surface area contributed by atoms with Gasteiger partial charge in [0.05, 0.1) is 5.69 Å². The molecule has 138 valence electrons. The average molecular weight is 351 g/mol. The molecule has 5 heteroatoms. The first kappa shape index (κ1) is 18.4. The normalized spacial score (nSPS) is 12.1. The van der Waals surface area contributed by atoms with E-state index in [1.54, 1.807) is 0 Å². The summed E-state index contributed by atoms with van der Waals surface area (Å²) in [5, 5.41) is 8.38. The van der Waals surface area contributed by atoms with E-state index in [1.807, 2.05) is 17.5 Å². The minimum atomic E-state index is 0.153. The highest BCUT2D eigenvalue weighted by atomic mass is 15.3. The summed E-state index contributed by atoms with van der Waals surface area (Å²) < 4.78 is 1.91. The Labute approximate surface area is 156 Å². The zero-order valence-electron chi connectivity index (χ0n) is 16.7. The van der Waals surface area contributed by atoms with Gasteiger partial charge in [0.2, 0.25) is 0 Å². The smallest absolute Gasteiger partial charge is 0.158 e. The molecule has 2 heterocycles. The van der Waals surface area contributed by atoms with E-state index in [9.17, 15) is 0 Å². The van der Waals surface area contributed by atoms with Crippen LogP contribution in [0.2, 0.25) is 0 Å². The van der Waals surface area contributed by atoms with Crippen LogP contribution >= 0.6 is 0 Å². The largest absolute Gasteiger partial charge is 0.369 e. The van der Waals surface area contributed by atoms with Crippen molar-refractivity contribution in [3.05, 3.63) is 47.7 Å². The number of anilines is 1. The number of fused-ring (bicyclic) bond motifs is 1. The molecule has 0 aliphatic rings. The molecule has 3 aromatic rings. The van der Waals surface area contributed by atoms with Crippen LogP contribution in [0.5, 0.6) is 0 Å². The Hall–Kier alpha value is -2.40. The lowest BCUT2D eigenvalue weighted by Gasteiger charge is -2.29. The highest BCUT2D eigenvalue weighted by molar-refractivity contribution is 5.66. The summed E-state index contributed by atoms with van der Waals surface area (Å²) in [5.41, 5.74) is 5.31. The molecule has 0 unspecified atom stereocenters. The zero-order valence-corrected chi connectivity index (χ0v) is 16.7. The van der Waals surface area contributed by atoms with Crippen molar-refractivity contribution >= 4 is 11.5 Å². The van der Waals surface area contributed by atoms with Crippen molar-refractivity contribution in [1.29, 1.82) is 0 Å². The van der Waals surface area contributed by atoms with Gasteiger partial charge in [-0.2, -0.15) is 9.61 Å². The Balaban J connectivity index is 1.91. The van der Waals surface area contributed by atoms with Crippen molar-refractivity contribution in [2.75, 3.05) is 32.5 Å². The first-order valence-electron chi connectivity index (χ1n) is 9.07. The van der Waals surface area contributed by atoms with Crippen molar-refractivity contribution < 1.29 is 0 Å². The third-order valence-corrected chi connectivity index (χ3v) is 4.39. The molecular weight excluding hydrogens is 322 g/mol. The first-order valence-corrected chi connectivity index (χ1v) is 9.07. The molecule has 0 saturated carbocycles. The Morgan fingerprint density at radius 3 is 2.42 bits per heavy atom. The molecule has 1 N–H and O–H groups in total. The second kappa shape index (κ2) is 7.08. The second-order valence-corrected chi connectivity index (χ2v) is 8.20. The van der Waals surface area contributed by atoms with Crippen LogP contribution in [-0.2, 0) is 0 Å². The molecule has 0 aliphatic carbocycles. The number of aromatic nitrogens is 3. The maximum absolute atomic E-state index is 4.80. The van der Waals surface area contributed by atoms with Crippen LogP contribution in [0.4, 0.5) is 5.82 Å². The summed E-state index contributed by atoms with van der Waals surface area (Å²) in [6.45, 7) is 10.5. The topological polar surface area (TPSA) is 45.5 Å². The molecule has 0 saturated heterocycles. The molecule has 0 spiro atoms. The van der Waals surface area contributed by atoms with Gasteiger partial charge < -0.3 is 10.2 Å². The average Bonchev–Trinajstić information content (AvgIpc) is 2.96. The van der Waals surface area contributed by atoms with E-state index in [1.165, 1.54) is 5.56 Å². The minimum Gasteiger partial charge on any atom is -0.369 e. The van der Waals surface area contributed by atoms with Crippen LogP contribution in [-0.4, -0.2) is 46.7 Å². The van der Waals surface area contributed by atoms with Gasteiger partial charge in [-0.25, -0.2) is 4.98 Å². The summed E-state index contributed by atoms with van der Waals surface area (Å²) in [6, 6.07) is 12.6. The van der Waals surface area contributed by atoms with Gasteiger partial charge >= 0.3 is 0 Å². The van der Waals surface area contributed by atoms with E-state index in [2.05, 4.69) is 80.4 Å². The Kier molecular flexibility index (Phi) is 5.01. The van der Waals surface area contributed by atoms with Gasteiger partial charge in [-0.3, -0.25) is 0 Å². The van der Waals surface area contributed by atoms with Crippen molar-refractivity contribution in [2.24, 2.45) is 5.41 Å². The van der Waals surface area contributed by atoms with Gasteiger partial charge in [-0.15, -0.1) is 0 Å². The Morgan fingerprint density at radius 1 is 1.08 bits per heavy atom. The molecule has 1 aromatic carbocycles. The molecule has 0 aliphatic heterocycles. The van der Waals surface area contributed by atoms with Crippen LogP contribution in [0.25, 0.3) is 16.9 Å². The summed E-state index contributed by atoms with van der Waals surface area (Å²) in [7, 11) is 4.22. The van der Waals surface area contributed by atoms with Crippen LogP contribution in [0.1, 0.15) is 25.1 Å². The SMILES string of the molecule is Cc1ccc(-c2cc3nc(C)cc(NCC(C)(C)CN(C)C)n3n2)cc1. The lowest BCUT2D eigenvalue weighted by atomic mass is 9.93. The third-order valence-electron chi connectivity index (χ3n) is 4.39. The number of hydrogen-bond acceptors (Lipinski definition) is 4. The molecule has 3 rings (SSSR count). The molecule has 0 fully saturated rings. The van der Waals surface area contributed by atoms with Gasteiger partial charge in [0, 0.05) is 36.5 Å². The molecule has 0 radical (unpaired) electrons. The van der Waals surface area contributed by atoms with E-state index in [0.29, 0.717) is 0 Å². The zero-order chi connectivity index (χ0) is 18.9. The molecule has 5 nitrogen and oxygen atoms in total. The summed E-state index contributed by atoms with van der Waals surface area (Å²) in [4.78, 5) is 6.87. The van der Waals surface area contributed by atoms with Gasteiger partial charge in [-0.05, 0) is 33.4 Å². The first-order chi connectivity index (χ1) is 12.2. The van der Waals surface area contributed by atoms with Gasteiger partial charge in [0.15, 0.2) is 5.65 Å². The summed E-state index contributed by atoms with van der Waals surface area (Å²) in [5.74, 6) is 0.984. The summed E-state index contributed by atoms with van der Waals surface area (Å²) >= 11 is 0. The van der Waals surface area contributed by atoms with E-state index in [-0.39, 0.29) is 5.41 Å². The molecule has 0 bridgehead atoms. The van der Waals surface area contributed by atoms with E-state index >= 15 is 0 Å². The predicted octanol–water partition coefficient (Wildman–Crippen LogP) is 4.01. The van der Waals surface area contributed by atoms with Crippen molar-refractivity contribution in [3.63, 3.8) is 0 Å². The number of hydrogen-bond donors (Lipinski definition) is 1. The van der Waals surface area contributed by atoms with Gasteiger partial charge in [0.1, 0.15) is 5.82 Å². The fraction of sp³-hybridized carbons (Fsp3) is 0.429. The lowest BCUT2D eigenvalue weighted by Crippen LogP contribution is -2.34. The van der Waals surface area contributed by atoms with E-state index in [0.717, 1.165) is 41.5 Å². The van der Waals surface area contributed by atoms with Crippen molar-refractivity contribution in [2.45, 2.75) is 27.7 Å². The second-order valence-electron chi connectivity index (χ2n) is 8.20. The monoisotopic (exact) mass is 351 g/mol. The fourth-order valence-corrected chi connectivity index (χ4v) is 3.33. The predicted molar refractivity (Wildman–Crippen MR) is 109 cm³/mol. The van der Waals surface area contributed by atoms with E-state index in [4.69, 9.17) is 5.10 Å². The Morgan fingerprint density at radius 2 is 1.77 bits per heavy atom. The standard InChI is InChI=1S/C21H29N5/c1-15-7-9-17(10-8-15)18-12-20-23-16(2)11-19(26(20)24-18)22-13-21(3,4)14-25(5)6/h7-12,22H,13-14H2,1-6H3. The molecule has 0 amide bonds. The van der Waals surface area contributed by atoms with Crippen LogP contribution < -0.4 is 5.32 Å². The van der Waals surface area contributed by atoms with Crippen molar-refractivity contribution in [3.8, 4) is 11.3 Å². The van der Waals surface area contributed by atoms with Gasteiger partial charge in [0.25, 0.3) is 0 Å². The highest BCUT2D eigenvalue weighted by Crippen LogP contribution is 2.23. The Bertz CT molecular complexity index is 891. The van der Waals surface area contributed by atoms with Crippen molar-refractivity contribution in [1.82, 2.24) is 19.5 Å². The molecule has 0 atom stereocenters.